The molecular weight excluding hydrogens is 407 g/mol. The summed E-state index contributed by atoms with van der Waals surface area (Å²) in [4.78, 5) is 15.8. The van der Waals surface area contributed by atoms with Crippen molar-refractivity contribution >= 4 is 41.5 Å². The van der Waals surface area contributed by atoms with Gasteiger partial charge in [0.25, 0.3) is 5.91 Å². The number of hydrogen-bond donors (Lipinski definition) is 3. The first kappa shape index (κ1) is 19.0. The molecule has 1 heterocycles. The van der Waals surface area contributed by atoms with Gasteiger partial charge in [-0.05, 0) is 36.2 Å². The number of amides is 1. The second kappa shape index (κ2) is 9.88. The zero-order valence-corrected chi connectivity index (χ0v) is 15.2. The number of nitrogens with one attached hydrogen (secondary N) is 2. The summed E-state index contributed by atoms with van der Waals surface area (Å²) in [6, 6.07) is 11.3. The van der Waals surface area contributed by atoms with E-state index in [1.54, 1.807) is 12.1 Å². The lowest BCUT2D eigenvalue weighted by Crippen LogP contribution is -2.28. The summed E-state index contributed by atoms with van der Waals surface area (Å²) in [6.45, 7) is 2.88. The van der Waals surface area contributed by atoms with Crippen LogP contribution < -0.4 is 16.4 Å². The summed E-state index contributed by atoms with van der Waals surface area (Å²) in [5.41, 5.74) is 7.95. The predicted octanol–water partition coefficient (Wildman–Crippen LogP) is 2.62. The number of nitrogens with two attached hydrogens (primary N) is 1. The molecule has 2 aromatic rings. The molecule has 7 heteroatoms. The van der Waals surface area contributed by atoms with Crippen molar-refractivity contribution in [3.8, 4) is 0 Å². The topological polar surface area (TPSA) is 92.6 Å². The highest BCUT2D eigenvalue weighted by atomic mass is 127. The highest BCUT2D eigenvalue weighted by molar-refractivity contribution is 14.0. The molecule has 1 aromatic carbocycles. The van der Waals surface area contributed by atoms with Crippen molar-refractivity contribution in [1.29, 1.82) is 0 Å². The summed E-state index contributed by atoms with van der Waals surface area (Å²) in [7, 11) is 0. The van der Waals surface area contributed by atoms with Gasteiger partial charge in [-0.3, -0.25) is 9.79 Å². The van der Waals surface area contributed by atoms with E-state index in [2.05, 4.69) is 22.5 Å². The number of carbonyl (C=O) groups is 1. The monoisotopic (exact) mass is 428 g/mol. The van der Waals surface area contributed by atoms with Gasteiger partial charge in [-0.15, -0.1) is 24.0 Å². The van der Waals surface area contributed by atoms with Crippen molar-refractivity contribution in [2.24, 2.45) is 10.7 Å². The molecule has 1 aromatic heterocycles. The zero-order chi connectivity index (χ0) is 15.8. The third-order valence-corrected chi connectivity index (χ3v) is 3.06. The molecule has 0 saturated carbocycles. The van der Waals surface area contributed by atoms with Gasteiger partial charge in [0.05, 0.1) is 12.8 Å². The molecule has 0 bridgehead atoms. The minimum atomic E-state index is -0.262. The molecule has 0 spiro atoms. The van der Waals surface area contributed by atoms with Crippen LogP contribution in [0.2, 0.25) is 0 Å². The molecule has 0 aliphatic heterocycles. The van der Waals surface area contributed by atoms with E-state index >= 15 is 0 Å². The van der Waals surface area contributed by atoms with E-state index in [1.807, 2.05) is 24.3 Å². The number of nitrogens with zero attached hydrogens (tertiary/aromatic N) is 1. The maximum absolute atomic E-state index is 11.6. The van der Waals surface area contributed by atoms with Crippen LogP contribution in [-0.2, 0) is 6.42 Å². The van der Waals surface area contributed by atoms with Crippen LogP contribution in [0.4, 0.5) is 5.69 Å². The number of anilines is 1. The van der Waals surface area contributed by atoms with Gasteiger partial charge in [-0.2, -0.15) is 0 Å². The van der Waals surface area contributed by atoms with E-state index in [9.17, 15) is 4.79 Å². The number of aliphatic imine (C=N–C) groups is 1. The summed E-state index contributed by atoms with van der Waals surface area (Å²) < 4.78 is 4.99. The van der Waals surface area contributed by atoms with Crippen molar-refractivity contribution < 1.29 is 9.21 Å². The van der Waals surface area contributed by atoms with Gasteiger partial charge in [0, 0.05) is 12.2 Å². The van der Waals surface area contributed by atoms with Gasteiger partial charge in [-0.25, -0.2) is 0 Å². The van der Waals surface area contributed by atoms with Crippen molar-refractivity contribution in [1.82, 2.24) is 5.32 Å². The van der Waals surface area contributed by atoms with E-state index in [4.69, 9.17) is 10.2 Å². The van der Waals surface area contributed by atoms with Crippen LogP contribution in [0.1, 0.15) is 23.0 Å². The largest absolute Gasteiger partial charge is 0.459 e. The average molecular weight is 428 g/mol. The van der Waals surface area contributed by atoms with Gasteiger partial charge in [-0.1, -0.05) is 19.1 Å². The van der Waals surface area contributed by atoms with Crippen LogP contribution in [-0.4, -0.2) is 25.0 Å². The third kappa shape index (κ3) is 6.31. The highest BCUT2D eigenvalue weighted by Gasteiger charge is 2.06. The normalized spacial score (nSPS) is 10.7. The van der Waals surface area contributed by atoms with Crippen LogP contribution in [0.5, 0.6) is 0 Å². The summed E-state index contributed by atoms with van der Waals surface area (Å²) in [5.74, 6) is 0.337. The standard InChI is InChI=1S/C16H20N4O2.HI/c1-2-12-5-7-13(8-6-12)20-16(17)19-10-9-18-15(21)14-4-3-11-22-14;/h3-8,11H,2,9-10H2,1H3,(H,18,21)(H3,17,19,20);1H. The molecule has 0 atom stereocenters. The Morgan fingerprint density at radius 2 is 2.00 bits per heavy atom. The van der Waals surface area contributed by atoms with Gasteiger partial charge < -0.3 is 20.8 Å². The van der Waals surface area contributed by atoms with E-state index < -0.39 is 0 Å². The molecule has 124 valence electrons. The van der Waals surface area contributed by atoms with Crippen molar-refractivity contribution in [3.63, 3.8) is 0 Å². The number of furan rings is 1. The Bertz CT molecular complexity index is 624. The van der Waals surface area contributed by atoms with Crippen molar-refractivity contribution in [3.05, 3.63) is 54.0 Å². The second-order valence-electron chi connectivity index (χ2n) is 4.68. The third-order valence-electron chi connectivity index (χ3n) is 3.06. The molecule has 0 aliphatic carbocycles. The van der Waals surface area contributed by atoms with Crippen molar-refractivity contribution in [2.45, 2.75) is 13.3 Å². The summed E-state index contributed by atoms with van der Waals surface area (Å²) in [5, 5.41) is 5.70. The fourth-order valence-electron chi connectivity index (χ4n) is 1.85. The number of benzene rings is 1. The van der Waals surface area contributed by atoms with Gasteiger partial charge in [0.2, 0.25) is 0 Å². The SMILES string of the molecule is CCc1ccc(NC(N)=NCCNC(=O)c2ccco2)cc1.I. The van der Waals surface area contributed by atoms with Crippen LogP contribution in [0, 0.1) is 0 Å². The molecule has 2 rings (SSSR count). The van der Waals surface area contributed by atoms with Gasteiger partial charge in [0.1, 0.15) is 0 Å². The molecular formula is C16H21IN4O2. The Kier molecular flexibility index (Phi) is 8.17. The molecule has 0 radical (unpaired) electrons. The molecule has 6 nitrogen and oxygen atoms in total. The van der Waals surface area contributed by atoms with Crippen molar-refractivity contribution in [2.75, 3.05) is 18.4 Å². The molecule has 0 fully saturated rings. The van der Waals surface area contributed by atoms with Crippen LogP contribution in [0.25, 0.3) is 0 Å². The summed E-state index contributed by atoms with van der Waals surface area (Å²) in [6.07, 6.45) is 2.46. The minimum Gasteiger partial charge on any atom is -0.459 e. The Labute approximate surface area is 152 Å². The minimum absolute atomic E-state index is 0. The number of guanidine groups is 1. The van der Waals surface area contributed by atoms with E-state index in [0.717, 1.165) is 12.1 Å². The lowest BCUT2D eigenvalue weighted by atomic mass is 10.1. The Balaban J connectivity index is 0.00000264. The molecule has 23 heavy (non-hydrogen) atoms. The number of aryl methyl sites for hydroxylation is 1. The molecule has 0 unspecified atom stereocenters. The fraction of sp³-hybridized carbons (Fsp3) is 0.250. The second-order valence-corrected chi connectivity index (χ2v) is 4.68. The number of hydrogen-bond acceptors (Lipinski definition) is 3. The fourth-order valence-corrected chi connectivity index (χ4v) is 1.85. The Morgan fingerprint density at radius 3 is 2.61 bits per heavy atom. The zero-order valence-electron chi connectivity index (χ0n) is 12.9. The first-order valence-electron chi connectivity index (χ1n) is 7.16. The quantitative estimate of drug-likeness (QED) is 0.286. The lowest BCUT2D eigenvalue weighted by molar-refractivity contribution is 0.0927. The first-order valence-corrected chi connectivity index (χ1v) is 7.16. The van der Waals surface area contributed by atoms with E-state index in [1.165, 1.54) is 11.8 Å². The smallest absolute Gasteiger partial charge is 0.287 e. The summed E-state index contributed by atoms with van der Waals surface area (Å²) >= 11 is 0. The lowest BCUT2D eigenvalue weighted by Gasteiger charge is -2.06. The number of carbonyl (C=O) groups excluding carboxylic acids is 1. The molecule has 1 amide bonds. The highest BCUT2D eigenvalue weighted by Crippen LogP contribution is 2.09. The predicted molar refractivity (Wildman–Crippen MR) is 102 cm³/mol. The average Bonchev–Trinajstić information content (AvgIpc) is 3.06. The van der Waals surface area contributed by atoms with E-state index in [-0.39, 0.29) is 35.6 Å². The van der Waals surface area contributed by atoms with E-state index in [0.29, 0.717) is 19.0 Å². The molecule has 4 N–H and O–H groups in total. The Hall–Kier alpha value is -2.03. The van der Waals surface area contributed by atoms with Crippen LogP contribution in [0.15, 0.2) is 52.1 Å². The number of halogens is 1. The maximum Gasteiger partial charge on any atom is 0.287 e. The Morgan fingerprint density at radius 1 is 1.26 bits per heavy atom. The molecule has 0 aliphatic rings. The maximum atomic E-state index is 11.6. The number of rotatable bonds is 6. The van der Waals surface area contributed by atoms with Crippen LogP contribution in [0.3, 0.4) is 0 Å². The first-order chi connectivity index (χ1) is 10.7. The molecule has 0 saturated heterocycles. The van der Waals surface area contributed by atoms with Gasteiger partial charge in [0.15, 0.2) is 11.7 Å². The van der Waals surface area contributed by atoms with Gasteiger partial charge >= 0.3 is 0 Å². The van der Waals surface area contributed by atoms with Crippen LogP contribution >= 0.6 is 24.0 Å².